The number of nitrogens with one attached hydrogen (secondary N) is 1. The zero-order chi connectivity index (χ0) is 13.8. The number of likely N-dealkylation sites (N-methyl/N-ethyl adjacent to an activating group) is 1. The quantitative estimate of drug-likeness (QED) is 0.678. The Hall–Kier alpha value is -1.21. The van der Waals surface area contributed by atoms with Crippen LogP contribution >= 0.6 is 15.9 Å². The lowest BCUT2D eigenvalue weighted by atomic mass is 10.0. The third kappa shape index (κ3) is 3.22. The number of hydrogen-bond donors (Lipinski definition) is 1. The fourth-order valence-electron chi connectivity index (χ4n) is 2.50. The van der Waals surface area contributed by atoms with Crippen LogP contribution in [0.3, 0.4) is 0 Å². The minimum absolute atomic E-state index is 0.0670. The maximum absolute atomic E-state index is 11.2. The molecule has 1 N–H and O–H groups in total. The zero-order valence-electron chi connectivity index (χ0n) is 10.8. The van der Waals surface area contributed by atoms with Crippen LogP contribution in [0, 0.1) is 10.1 Å². The minimum atomic E-state index is -0.363. The molecule has 7 heteroatoms. The van der Waals surface area contributed by atoms with Gasteiger partial charge in [-0.1, -0.05) is 0 Å². The molecular formula is C12H17BrN4O2. The first-order valence-electron chi connectivity index (χ1n) is 6.34. The Kier molecular flexibility index (Phi) is 4.71. The largest absolute Gasteiger partial charge is 0.347 e. The lowest BCUT2D eigenvalue weighted by Crippen LogP contribution is -2.45. The van der Waals surface area contributed by atoms with Gasteiger partial charge in [0.2, 0.25) is 5.82 Å². The molecule has 1 aromatic heterocycles. The fourth-order valence-corrected chi connectivity index (χ4v) is 2.82. The van der Waals surface area contributed by atoms with Crippen molar-refractivity contribution < 1.29 is 4.92 Å². The molecule has 0 saturated carbocycles. The number of nitro groups is 1. The molecule has 1 unspecified atom stereocenters. The summed E-state index contributed by atoms with van der Waals surface area (Å²) in [6.07, 6.45) is 4.87. The monoisotopic (exact) mass is 328 g/mol. The van der Waals surface area contributed by atoms with Crippen LogP contribution in [0.4, 0.5) is 11.5 Å². The van der Waals surface area contributed by atoms with E-state index >= 15 is 0 Å². The van der Waals surface area contributed by atoms with E-state index in [9.17, 15) is 10.1 Å². The van der Waals surface area contributed by atoms with E-state index in [-0.39, 0.29) is 16.7 Å². The number of nitrogens with zero attached hydrogens (tertiary/aromatic N) is 3. The summed E-state index contributed by atoms with van der Waals surface area (Å²) in [6, 6.07) is 1.79. The topological polar surface area (TPSA) is 71.3 Å². The van der Waals surface area contributed by atoms with Gasteiger partial charge in [-0.15, -0.1) is 0 Å². The van der Waals surface area contributed by atoms with Crippen LogP contribution in [0.15, 0.2) is 16.7 Å². The highest BCUT2D eigenvalue weighted by molar-refractivity contribution is 9.10. The van der Waals surface area contributed by atoms with Gasteiger partial charge in [-0.3, -0.25) is 10.1 Å². The highest BCUT2D eigenvalue weighted by atomic mass is 79.9. The maximum atomic E-state index is 11.2. The molecule has 6 nitrogen and oxygen atoms in total. The van der Waals surface area contributed by atoms with Crippen molar-refractivity contribution in [2.75, 3.05) is 25.0 Å². The van der Waals surface area contributed by atoms with Crippen LogP contribution in [-0.2, 0) is 0 Å². The molecule has 1 aliphatic rings. The third-order valence-electron chi connectivity index (χ3n) is 3.35. The lowest BCUT2D eigenvalue weighted by Gasteiger charge is -2.36. The van der Waals surface area contributed by atoms with E-state index in [2.05, 4.69) is 31.1 Å². The number of hydrogen-bond acceptors (Lipinski definition) is 5. The van der Waals surface area contributed by atoms with Crippen molar-refractivity contribution in [2.24, 2.45) is 0 Å². The molecule has 0 aromatic carbocycles. The molecular weight excluding hydrogens is 312 g/mol. The first kappa shape index (κ1) is 14.2. The second-order valence-electron chi connectivity index (χ2n) is 4.65. The van der Waals surface area contributed by atoms with E-state index in [0.29, 0.717) is 10.3 Å². The summed E-state index contributed by atoms with van der Waals surface area (Å²) in [4.78, 5) is 17.1. The Labute approximate surface area is 120 Å². The number of halogens is 1. The minimum Gasteiger partial charge on any atom is -0.347 e. The Morgan fingerprint density at radius 1 is 1.63 bits per heavy atom. The van der Waals surface area contributed by atoms with Gasteiger partial charge >= 0.3 is 5.69 Å². The van der Waals surface area contributed by atoms with Crippen molar-refractivity contribution in [1.82, 2.24) is 10.3 Å². The molecule has 2 rings (SSSR count). The Bertz CT molecular complexity index is 467. The van der Waals surface area contributed by atoms with Gasteiger partial charge in [-0.05, 0) is 42.2 Å². The van der Waals surface area contributed by atoms with E-state index in [1.165, 1.54) is 6.07 Å². The number of anilines is 1. The fraction of sp³-hybridized carbons (Fsp3) is 0.583. The first-order valence-corrected chi connectivity index (χ1v) is 7.14. The van der Waals surface area contributed by atoms with Gasteiger partial charge in [0, 0.05) is 35.9 Å². The molecule has 0 spiro atoms. The zero-order valence-corrected chi connectivity index (χ0v) is 12.4. The van der Waals surface area contributed by atoms with Gasteiger partial charge in [-0.2, -0.15) is 0 Å². The number of aromatic nitrogens is 1. The molecule has 104 valence electrons. The average molecular weight is 329 g/mol. The molecule has 1 aliphatic heterocycles. The van der Waals surface area contributed by atoms with Gasteiger partial charge in [-0.25, -0.2) is 4.98 Å². The second-order valence-corrected chi connectivity index (χ2v) is 5.57. The Morgan fingerprint density at radius 2 is 2.42 bits per heavy atom. The van der Waals surface area contributed by atoms with Gasteiger partial charge < -0.3 is 10.2 Å². The highest BCUT2D eigenvalue weighted by Crippen LogP contribution is 2.32. The molecule has 0 aliphatic carbocycles. The summed E-state index contributed by atoms with van der Waals surface area (Å²) in [6.45, 7) is 1.64. The van der Waals surface area contributed by atoms with E-state index in [1.807, 2.05) is 7.05 Å². The molecule has 1 atom stereocenters. The van der Waals surface area contributed by atoms with E-state index in [4.69, 9.17) is 0 Å². The van der Waals surface area contributed by atoms with E-state index < -0.39 is 0 Å². The molecule has 19 heavy (non-hydrogen) atoms. The molecule has 1 aromatic rings. The predicted octanol–water partition coefficient (Wildman–Crippen LogP) is 2.33. The Balaban J connectivity index is 2.35. The molecule has 1 fully saturated rings. The Morgan fingerprint density at radius 3 is 3.11 bits per heavy atom. The smallest absolute Gasteiger partial charge is 0.312 e. The number of pyridine rings is 1. The summed E-state index contributed by atoms with van der Waals surface area (Å²) in [5.41, 5.74) is 0.0670. The van der Waals surface area contributed by atoms with Gasteiger partial charge in [0.05, 0.1) is 4.92 Å². The first-order chi connectivity index (χ1) is 9.13. The van der Waals surface area contributed by atoms with Crippen LogP contribution in [-0.4, -0.2) is 36.1 Å². The number of rotatable bonds is 4. The molecule has 0 amide bonds. The van der Waals surface area contributed by atoms with Crippen LogP contribution in [0.2, 0.25) is 0 Å². The van der Waals surface area contributed by atoms with Gasteiger partial charge in [0.15, 0.2) is 0 Å². The second kappa shape index (κ2) is 6.29. The highest BCUT2D eigenvalue weighted by Gasteiger charge is 2.29. The van der Waals surface area contributed by atoms with Crippen LogP contribution in [0.5, 0.6) is 0 Å². The van der Waals surface area contributed by atoms with Crippen molar-refractivity contribution in [3.05, 3.63) is 26.9 Å². The average Bonchev–Trinajstić information content (AvgIpc) is 2.40. The van der Waals surface area contributed by atoms with Gasteiger partial charge in [0.1, 0.15) is 0 Å². The van der Waals surface area contributed by atoms with Crippen molar-refractivity contribution >= 4 is 27.4 Å². The van der Waals surface area contributed by atoms with E-state index in [0.717, 1.165) is 32.4 Å². The van der Waals surface area contributed by atoms with Crippen molar-refractivity contribution in [1.29, 1.82) is 0 Å². The predicted molar refractivity (Wildman–Crippen MR) is 77.5 cm³/mol. The van der Waals surface area contributed by atoms with E-state index in [1.54, 1.807) is 6.20 Å². The van der Waals surface area contributed by atoms with Crippen molar-refractivity contribution in [3.8, 4) is 0 Å². The SMILES string of the molecule is CNCC1CCCCN1c1ncc(Br)cc1[N+](=O)[O-]. The third-order valence-corrected chi connectivity index (χ3v) is 3.78. The van der Waals surface area contributed by atoms with Crippen LogP contribution in [0.1, 0.15) is 19.3 Å². The van der Waals surface area contributed by atoms with Crippen molar-refractivity contribution in [3.63, 3.8) is 0 Å². The summed E-state index contributed by atoms with van der Waals surface area (Å²) >= 11 is 3.24. The standard InChI is InChI=1S/C12H17BrN4O2/c1-14-8-10-4-2-3-5-16(10)12-11(17(18)19)6-9(13)7-15-12/h6-7,10,14H,2-5,8H2,1H3. The molecule has 0 radical (unpaired) electrons. The van der Waals surface area contributed by atoms with Gasteiger partial charge in [0.25, 0.3) is 0 Å². The maximum Gasteiger partial charge on any atom is 0.312 e. The summed E-state index contributed by atoms with van der Waals surface area (Å²) in [5, 5.41) is 14.3. The normalized spacial score (nSPS) is 19.5. The van der Waals surface area contributed by atoms with Crippen LogP contribution < -0.4 is 10.2 Å². The van der Waals surface area contributed by atoms with Crippen molar-refractivity contribution in [2.45, 2.75) is 25.3 Å². The molecule has 1 saturated heterocycles. The molecule has 2 heterocycles. The number of piperidine rings is 1. The summed E-state index contributed by atoms with van der Waals surface area (Å²) in [5.74, 6) is 0.480. The lowest BCUT2D eigenvalue weighted by molar-refractivity contribution is -0.384. The molecule has 0 bridgehead atoms. The van der Waals surface area contributed by atoms with Crippen LogP contribution in [0.25, 0.3) is 0 Å². The summed E-state index contributed by atoms with van der Waals surface area (Å²) in [7, 11) is 1.90. The summed E-state index contributed by atoms with van der Waals surface area (Å²) < 4.78 is 0.630.